The molecular weight excluding hydrogens is 422 g/mol. The standard InChI is InChI=1S/C25H23N3O5/c1-13(2)27-20(29)12-33-14-5-7-18-17(11-14)15-9-10-26-22-16-6-8-19(31-3)24(32-4)21(16)25(30)28(18)23(15)22/h5-11,13H,12H2,1-4H3,(H,27,29). The smallest absolute Gasteiger partial charge is 0.267 e. The second-order valence-electron chi connectivity index (χ2n) is 8.11. The number of nitrogens with zero attached hydrogens (tertiary/aromatic N) is 2. The van der Waals surface area contributed by atoms with Gasteiger partial charge in [0, 0.05) is 28.4 Å². The Kier molecular flexibility index (Phi) is 4.92. The van der Waals surface area contributed by atoms with Crippen molar-refractivity contribution >= 4 is 44.0 Å². The molecular formula is C25H23N3O5. The first-order valence-electron chi connectivity index (χ1n) is 10.6. The first-order chi connectivity index (χ1) is 15.9. The number of nitrogens with one attached hydrogen (secondary N) is 1. The van der Waals surface area contributed by atoms with Gasteiger partial charge in [-0.05, 0) is 50.2 Å². The molecule has 33 heavy (non-hydrogen) atoms. The summed E-state index contributed by atoms with van der Waals surface area (Å²) >= 11 is 0. The van der Waals surface area contributed by atoms with Crippen molar-refractivity contribution in [3.8, 4) is 17.2 Å². The minimum Gasteiger partial charge on any atom is -0.493 e. The van der Waals surface area contributed by atoms with Crippen LogP contribution in [0.25, 0.3) is 38.1 Å². The summed E-state index contributed by atoms with van der Waals surface area (Å²) in [4.78, 5) is 30.3. The van der Waals surface area contributed by atoms with Gasteiger partial charge >= 0.3 is 0 Å². The molecule has 1 N–H and O–H groups in total. The molecule has 0 saturated heterocycles. The Bertz CT molecular complexity index is 1590. The number of methoxy groups -OCH3 is 2. The van der Waals surface area contributed by atoms with Crippen molar-refractivity contribution in [3.05, 3.63) is 52.9 Å². The number of rotatable bonds is 6. The van der Waals surface area contributed by atoms with Crippen LogP contribution in [0.5, 0.6) is 17.2 Å². The summed E-state index contributed by atoms with van der Waals surface area (Å²) in [6.45, 7) is 3.70. The van der Waals surface area contributed by atoms with Crippen molar-refractivity contribution in [1.29, 1.82) is 0 Å². The molecule has 0 fully saturated rings. The first-order valence-corrected chi connectivity index (χ1v) is 10.6. The zero-order valence-corrected chi connectivity index (χ0v) is 18.8. The highest BCUT2D eigenvalue weighted by atomic mass is 16.5. The number of fused-ring (bicyclic) bond motifs is 5. The van der Waals surface area contributed by atoms with Gasteiger partial charge < -0.3 is 19.5 Å². The molecule has 168 valence electrons. The third-order valence-corrected chi connectivity index (χ3v) is 5.68. The van der Waals surface area contributed by atoms with E-state index in [2.05, 4.69) is 10.3 Å². The van der Waals surface area contributed by atoms with Crippen molar-refractivity contribution in [3.63, 3.8) is 0 Å². The molecule has 0 aliphatic rings. The Hall–Kier alpha value is -4.07. The van der Waals surface area contributed by atoms with E-state index in [-0.39, 0.29) is 24.1 Å². The third-order valence-electron chi connectivity index (χ3n) is 5.68. The number of benzene rings is 2. The summed E-state index contributed by atoms with van der Waals surface area (Å²) in [7, 11) is 3.05. The Morgan fingerprint density at radius 2 is 1.88 bits per heavy atom. The molecule has 2 aromatic carbocycles. The van der Waals surface area contributed by atoms with Gasteiger partial charge in [0.1, 0.15) is 5.75 Å². The molecule has 0 aliphatic carbocycles. The Morgan fingerprint density at radius 1 is 1.06 bits per heavy atom. The van der Waals surface area contributed by atoms with Crippen LogP contribution in [-0.4, -0.2) is 42.2 Å². The van der Waals surface area contributed by atoms with E-state index in [0.29, 0.717) is 33.5 Å². The lowest BCUT2D eigenvalue weighted by Gasteiger charge is -2.12. The number of carbonyl (C=O) groups is 1. The van der Waals surface area contributed by atoms with Gasteiger partial charge in [-0.15, -0.1) is 0 Å². The fourth-order valence-corrected chi connectivity index (χ4v) is 4.40. The molecule has 0 saturated carbocycles. The van der Waals surface area contributed by atoms with Gasteiger partial charge in [0.05, 0.1) is 36.2 Å². The zero-order chi connectivity index (χ0) is 23.3. The molecule has 8 heteroatoms. The Morgan fingerprint density at radius 3 is 2.61 bits per heavy atom. The number of carbonyl (C=O) groups excluding carboxylic acids is 1. The molecule has 5 rings (SSSR count). The molecule has 5 aromatic rings. The molecule has 1 amide bonds. The minimum atomic E-state index is -0.216. The van der Waals surface area contributed by atoms with E-state index in [1.54, 1.807) is 22.7 Å². The van der Waals surface area contributed by atoms with Crippen LogP contribution in [-0.2, 0) is 4.79 Å². The predicted octanol–water partition coefficient (Wildman–Crippen LogP) is 3.51. The van der Waals surface area contributed by atoms with Crippen LogP contribution in [0.2, 0.25) is 0 Å². The highest BCUT2D eigenvalue weighted by Gasteiger charge is 2.22. The number of ether oxygens (including phenoxy) is 3. The highest BCUT2D eigenvalue weighted by molar-refractivity contribution is 6.19. The molecule has 0 spiro atoms. The van der Waals surface area contributed by atoms with Gasteiger partial charge in [0.15, 0.2) is 18.1 Å². The molecule has 8 nitrogen and oxygen atoms in total. The maximum atomic E-state index is 13.7. The van der Waals surface area contributed by atoms with Gasteiger partial charge in [-0.3, -0.25) is 19.0 Å². The second kappa shape index (κ2) is 7.81. The van der Waals surface area contributed by atoms with Gasteiger partial charge in [-0.2, -0.15) is 0 Å². The Labute approximate surface area is 189 Å². The zero-order valence-electron chi connectivity index (χ0n) is 18.8. The number of aromatic nitrogens is 2. The van der Waals surface area contributed by atoms with E-state index in [0.717, 1.165) is 21.8 Å². The second-order valence-corrected chi connectivity index (χ2v) is 8.11. The molecule has 0 bridgehead atoms. The molecule has 3 aromatic heterocycles. The van der Waals surface area contributed by atoms with E-state index in [4.69, 9.17) is 14.2 Å². The largest absolute Gasteiger partial charge is 0.493 e. The molecule has 0 atom stereocenters. The first kappa shape index (κ1) is 20.8. The molecule has 3 heterocycles. The van der Waals surface area contributed by atoms with Crippen molar-refractivity contribution in [2.75, 3.05) is 20.8 Å². The average molecular weight is 445 g/mol. The maximum absolute atomic E-state index is 13.7. The fourth-order valence-electron chi connectivity index (χ4n) is 4.40. The van der Waals surface area contributed by atoms with Crippen LogP contribution in [0.15, 0.2) is 47.4 Å². The van der Waals surface area contributed by atoms with E-state index in [1.807, 2.05) is 38.1 Å². The number of pyridine rings is 2. The SMILES string of the molecule is COc1ccc2c(c1OC)c(=O)n1c3ccc(OCC(=O)NC(C)C)cc3c3ccnc2c31. The van der Waals surface area contributed by atoms with E-state index >= 15 is 0 Å². The van der Waals surface area contributed by atoms with Crippen molar-refractivity contribution in [1.82, 2.24) is 14.7 Å². The normalized spacial score (nSPS) is 11.7. The van der Waals surface area contributed by atoms with Gasteiger partial charge in [0.2, 0.25) is 0 Å². The lowest BCUT2D eigenvalue weighted by atomic mass is 10.1. The van der Waals surface area contributed by atoms with Gasteiger partial charge in [-0.25, -0.2) is 0 Å². The Balaban J connectivity index is 1.77. The average Bonchev–Trinajstić information content (AvgIpc) is 3.14. The van der Waals surface area contributed by atoms with Gasteiger partial charge in [-0.1, -0.05) is 0 Å². The number of hydrogen-bond donors (Lipinski definition) is 1. The summed E-state index contributed by atoms with van der Waals surface area (Å²) in [6.07, 6.45) is 1.72. The minimum absolute atomic E-state index is 0.0392. The fraction of sp³-hybridized carbons (Fsp3) is 0.240. The van der Waals surface area contributed by atoms with Crippen LogP contribution in [0.3, 0.4) is 0 Å². The summed E-state index contributed by atoms with van der Waals surface area (Å²) < 4.78 is 18.3. The third kappa shape index (κ3) is 3.17. The van der Waals surface area contributed by atoms with Gasteiger partial charge in [0.25, 0.3) is 11.5 Å². The lowest BCUT2D eigenvalue weighted by Crippen LogP contribution is -2.34. The lowest BCUT2D eigenvalue weighted by molar-refractivity contribution is -0.123. The van der Waals surface area contributed by atoms with Crippen LogP contribution < -0.4 is 25.1 Å². The monoisotopic (exact) mass is 445 g/mol. The molecule has 0 aliphatic heterocycles. The quantitative estimate of drug-likeness (QED) is 0.402. The van der Waals surface area contributed by atoms with Crippen molar-refractivity contribution in [2.45, 2.75) is 19.9 Å². The number of hydrogen-bond acceptors (Lipinski definition) is 6. The highest BCUT2D eigenvalue weighted by Crippen LogP contribution is 2.39. The summed E-state index contributed by atoms with van der Waals surface area (Å²) in [5.74, 6) is 1.21. The summed E-state index contributed by atoms with van der Waals surface area (Å²) in [5.41, 5.74) is 1.93. The van der Waals surface area contributed by atoms with Crippen molar-refractivity contribution < 1.29 is 19.0 Å². The topological polar surface area (TPSA) is 91.2 Å². The molecule has 0 unspecified atom stereocenters. The van der Waals surface area contributed by atoms with E-state index < -0.39 is 0 Å². The number of amides is 1. The van der Waals surface area contributed by atoms with Crippen LogP contribution in [0.4, 0.5) is 0 Å². The van der Waals surface area contributed by atoms with Crippen LogP contribution in [0.1, 0.15) is 13.8 Å². The van der Waals surface area contributed by atoms with E-state index in [9.17, 15) is 9.59 Å². The summed E-state index contributed by atoms with van der Waals surface area (Å²) in [5, 5.41) is 5.62. The predicted molar refractivity (Wildman–Crippen MR) is 127 cm³/mol. The maximum Gasteiger partial charge on any atom is 0.267 e. The van der Waals surface area contributed by atoms with Crippen LogP contribution >= 0.6 is 0 Å². The van der Waals surface area contributed by atoms with Crippen molar-refractivity contribution in [2.24, 2.45) is 0 Å². The summed E-state index contributed by atoms with van der Waals surface area (Å²) in [6, 6.07) is 11.0. The van der Waals surface area contributed by atoms with Crippen LogP contribution in [0, 0.1) is 0 Å². The van der Waals surface area contributed by atoms with E-state index in [1.165, 1.54) is 14.2 Å². The molecule has 0 radical (unpaired) electrons.